The third-order valence-electron chi connectivity index (χ3n) is 4.50. The van der Waals surface area contributed by atoms with Crippen LogP contribution < -0.4 is 9.47 Å². The molecule has 146 valence electrons. The highest BCUT2D eigenvalue weighted by Crippen LogP contribution is 2.36. The normalized spacial score (nSPS) is 16.9. The van der Waals surface area contributed by atoms with Gasteiger partial charge in [-0.25, -0.2) is 4.99 Å². The molecule has 2 aromatic rings. The predicted octanol–water partition coefficient (Wildman–Crippen LogP) is 4.89. The van der Waals surface area contributed by atoms with Crippen LogP contribution in [0, 0.1) is 0 Å². The van der Waals surface area contributed by atoms with Crippen LogP contribution in [0.1, 0.15) is 25.0 Å². The molecular formula is C22H24N2O3S. The van der Waals surface area contributed by atoms with E-state index in [9.17, 15) is 4.79 Å². The zero-order valence-electron chi connectivity index (χ0n) is 16.6. The van der Waals surface area contributed by atoms with Gasteiger partial charge in [0.05, 0.1) is 24.8 Å². The third kappa shape index (κ3) is 4.07. The van der Waals surface area contributed by atoms with E-state index in [1.165, 1.54) is 11.8 Å². The minimum atomic E-state index is -0.0324. The molecule has 3 rings (SSSR count). The van der Waals surface area contributed by atoms with Gasteiger partial charge in [-0.15, -0.1) is 0 Å². The fraction of sp³-hybridized carbons (Fsp3) is 0.273. The molecule has 2 aromatic carbocycles. The number of hydrogen-bond acceptors (Lipinski definition) is 5. The number of carbonyl (C=O) groups is 1. The molecule has 0 spiro atoms. The summed E-state index contributed by atoms with van der Waals surface area (Å²) in [7, 11) is 3.20. The lowest BCUT2D eigenvalue weighted by atomic mass is 10.1. The average molecular weight is 397 g/mol. The van der Waals surface area contributed by atoms with Gasteiger partial charge in [0.15, 0.2) is 16.7 Å². The van der Waals surface area contributed by atoms with E-state index >= 15 is 0 Å². The van der Waals surface area contributed by atoms with Gasteiger partial charge in [-0.05, 0) is 60.5 Å². The molecule has 0 saturated carbocycles. The summed E-state index contributed by atoms with van der Waals surface area (Å²) in [5.74, 6) is 1.25. The number of para-hydroxylation sites is 1. The third-order valence-corrected chi connectivity index (χ3v) is 5.50. The van der Waals surface area contributed by atoms with E-state index in [-0.39, 0.29) is 5.91 Å². The van der Waals surface area contributed by atoms with Gasteiger partial charge in [0, 0.05) is 6.54 Å². The van der Waals surface area contributed by atoms with Gasteiger partial charge in [-0.1, -0.05) is 31.2 Å². The Balaban J connectivity index is 1.95. The molecule has 5 nitrogen and oxygen atoms in total. The minimum absolute atomic E-state index is 0.0324. The highest BCUT2D eigenvalue weighted by Gasteiger charge is 2.32. The Morgan fingerprint density at radius 1 is 1.07 bits per heavy atom. The first-order valence-electron chi connectivity index (χ1n) is 9.21. The van der Waals surface area contributed by atoms with E-state index in [4.69, 9.17) is 14.5 Å². The summed E-state index contributed by atoms with van der Waals surface area (Å²) >= 11 is 1.40. The van der Waals surface area contributed by atoms with Crippen LogP contribution in [0.4, 0.5) is 5.69 Å². The molecule has 1 aliphatic rings. The summed E-state index contributed by atoms with van der Waals surface area (Å²) in [6, 6.07) is 13.6. The number of likely N-dealkylation sites (N-methyl/N-ethyl adjacent to an activating group) is 1. The molecule has 28 heavy (non-hydrogen) atoms. The molecule has 1 heterocycles. The number of aryl methyl sites for hydroxylation is 1. The van der Waals surface area contributed by atoms with E-state index in [0.29, 0.717) is 28.1 Å². The number of methoxy groups -OCH3 is 2. The Morgan fingerprint density at radius 3 is 2.50 bits per heavy atom. The summed E-state index contributed by atoms with van der Waals surface area (Å²) in [4.78, 5) is 20.0. The van der Waals surface area contributed by atoms with Crippen LogP contribution in [-0.2, 0) is 11.2 Å². The summed E-state index contributed by atoms with van der Waals surface area (Å²) in [6.07, 6.45) is 2.76. The molecule has 0 aliphatic carbocycles. The van der Waals surface area contributed by atoms with E-state index in [1.54, 1.807) is 19.1 Å². The van der Waals surface area contributed by atoms with Crippen LogP contribution in [0.5, 0.6) is 11.5 Å². The van der Waals surface area contributed by atoms with Crippen LogP contribution in [-0.4, -0.2) is 36.7 Å². The van der Waals surface area contributed by atoms with Crippen LogP contribution in [0.3, 0.4) is 0 Å². The second kappa shape index (κ2) is 8.97. The largest absolute Gasteiger partial charge is 0.493 e. The van der Waals surface area contributed by atoms with Gasteiger partial charge in [0.1, 0.15) is 0 Å². The number of amidine groups is 1. The first kappa shape index (κ1) is 20.0. The van der Waals surface area contributed by atoms with Crippen LogP contribution in [0.15, 0.2) is 52.4 Å². The van der Waals surface area contributed by atoms with Crippen molar-refractivity contribution in [2.75, 3.05) is 20.8 Å². The maximum Gasteiger partial charge on any atom is 0.266 e. The zero-order valence-corrected chi connectivity index (χ0v) is 17.4. The lowest BCUT2D eigenvalue weighted by molar-refractivity contribution is -0.122. The van der Waals surface area contributed by atoms with Crippen molar-refractivity contribution < 1.29 is 14.3 Å². The van der Waals surface area contributed by atoms with Crippen molar-refractivity contribution >= 4 is 34.6 Å². The van der Waals surface area contributed by atoms with Gasteiger partial charge in [0.25, 0.3) is 5.91 Å². The lowest BCUT2D eigenvalue weighted by Crippen LogP contribution is -2.28. The van der Waals surface area contributed by atoms with Crippen molar-refractivity contribution in [2.45, 2.75) is 20.3 Å². The predicted molar refractivity (Wildman–Crippen MR) is 115 cm³/mol. The maximum atomic E-state index is 12.9. The van der Waals surface area contributed by atoms with Crippen LogP contribution >= 0.6 is 11.8 Å². The Bertz CT molecular complexity index is 937. The number of hydrogen-bond donors (Lipinski definition) is 0. The summed E-state index contributed by atoms with van der Waals surface area (Å²) in [5.41, 5.74) is 2.95. The molecule has 1 saturated heterocycles. The first-order valence-corrected chi connectivity index (χ1v) is 10.0. The quantitative estimate of drug-likeness (QED) is 0.653. The molecule has 1 fully saturated rings. The molecule has 6 heteroatoms. The lowest BCUT2D eigenvalue weighted by Gasteiger charge is -2.13. The van der Waals surface area contributed by atoms with Gasteiger partial charge < -0.3 is 9.47 Å². The monoisotopic (exact) mass is 396 g/mol. The summed E-state index contributed by atoms with van der Waals surface area (Å²) < 4.78 is 10.6. The molecular weight excluding hydrogens is 372 g/mol. The van der Waals surface area contributed by atoms with Crippen molar-refractivity contribution in [1.29, 1.82) is 0 Å². The number of aliphatic imine (C=N–C) groups is 1. The highest BCUT2D eigenvalue weighted by molar-refractivity contribution is 8.18. The maximum absolute atomic E-state index is 12.9. The summed E-state index contributed by atoms with van der Waals surface area (Å²) in [6.45, 7) is 4.63. The van der Waals surface area contributed by atoms with Gasteiger partial charge >= 0.3 is 0 Å². The van der Waals surface area contributed by atoms with E-state index < -0.39 is 0 Å². The summed E-state index contributed by atoms with van der Waals surface area (Å²) in [5, 5.41) is 0.708. The molecule has 0 atom stereocenters. The van der Waals surface area contributed by atoms with Crippen molar-refractivity contribution in [3.8, 4) is 11.5 Å². The molecule has 1 aliphatic heterocycles. The topological polar surface area (TPSA) is 51.1 Å². The molecule has 1 amide bonds. The smallest absolute Gasteiger partial charge is 0.266 e. The second-order valence-corrected chi connectivity index (χ2v) is 7.16. The Morgan fingerprint density at radius 2 is 1.82 bits per heavy atom. The SMILES string of the molecule is CCc1ccccc1N=C1S/C(=C/c2ccc(OC)c(OC)c2)C(=O)N1CC. The fourth-order valence-electron chi connectivity index (χ4n) is 2.99. The van der Waals surface area contributed by atoms with E-state index in [2.05, 4.69) is 13.0 Å². The highest BCUT2D eigenvalue weighted by atomic mass is 32.2. The van der Waals surface area contributed by atoms with E-state index in [0.717, 1.165) is 23.2 Å². The van der Waals surface area contributed by atoms with Gasteiger partial charge in [-0.2, -0.15) is 0 Å². The first-order chi connectivity index (χ1) is 13.6. The van der Waals surface area contributed by atoms with E-state index in [1.807, 2.05) is 49.4 Å². The van der Waals surface area contributed by atoms with Crippen LogP contribution in [0.25, 0.3) is 6.08 Å². The standard InChI is InChI=1S/C22H24N2O3S/c1-5-16-9-7-8-10-17(16)23-22-24(6-2)21(25)20(28-22)14-15-11-12-18(26-3)19(13-15)27-4/h7-14H,5-6H2,1-4H3/b20-14+,23-22?. The number of nitrogens with zero attached hydrogens (tertiary/aromatic N) is 2. The number of thioether (sulfide) groups is 1. The zero-order chi connectivity index (χ0) is 20.1. The van der Waals surface area contributed by atoms with Gasteiger partial charge in [0.2, 0.25) is 0 Å². The number of amides is 1. The molecule has 0 aromatic heterocycles. The van der Waals surface area contributed by atoms with Crippen molar-refractivity contribution in [3.05, 3.63) is 58.5 Å². The number of carbonyl (C=O) groups excluding carboxylic acids is 1. The molecule has 0 N–H and O–H groups in total. The van der Waals surface area contributed by atoms with Crippen molar-refractivity contribution in [2.24, 2.45) is 4.99 Å². The molecule has 0 radical (unpaired) electrons. The number of rotatable bonds is 6. The van der Waals surface area contributed by atoms with Gasteiger partial charge in [-0.3, -0.25) is 9.69 Å². The Labute approximate surface area is 170 Å². The van der Waals surface area contributed by atoms with Crippen molar-refractivity contribution in [1.82, 2.24) is 4.90 Å². The fourth-order valence-corrected chi connectivity index (χ4v) is 4.04. The minimum Gasteiger partial charge on any atom is -0.493 e. The van der Waals surface area contributed by atoms with Crippen LogP contribution in [0.2, 0.25) is 0 Å². The Hall–Kier alpha value is -2.73. The molecule has 0 unspecified atom stereocenters. The number of ether oxygens (including phenoxy) is 2. The average Bonchev–Trinajstić information content (AvgIpc) is 3.02. The number of benzene rings is 2. The molecule has 0 bridgehead atoms. The van der Waals surface area contributed by atoms with Crippen molar-refractivity contribution in [3.63, 3.8) is 0 Å². The Kier molecular flexibility index (Phi) is 6.41. The second-order valence-electron chi connectivity index (χ2n) is 6.15.